The molecule has 186 valence electrons. The third kappa shape index (κ3) is 6.43. The van der Waals surface area contributed by atoms with Crippen LogP contribution in [0.4, 0.5) is 11.4 Å². The third-order valence-electron chi connectivity index (χ3n) is 6.11. The smallest absolute Gasteiger partial charge is 0.262 e. The molecule has 0 aliphatic carbocycles. The molecule has 1 atom stereocenters. The lowest BCUT2D eigenvalue weighted by molar-refractivity contribution is -0.126. The quantitative estimate of drug-likeness (QED) is 0.452. The maximum absolute atomic E-state index is 12.6. The van der Waals surface area contributed by atoms with Crippen LogP contribution < -0.4 is 20.3 Å². The summed E-state index contributed by atoms with van der Waals surface area (Å²) < 4.78 is 5.58. The van der Waals surface area contributed by atoms with Crippen LogP contribution >= 0.6 is 11.6 Å². The van der Waals surface area contributed by atoms with Crippen molar-refractivity contribution >= 4 is 40.7 Å². The number of nitrogens with one attached hydrogen (secondary N) is 2. The van der Waals surface area contributed by atoms with Crippen LogP contribution in [0.5, 0.6) is 5.75 Å². The second-order valence-corrected chi connectivity index (χ2v) is 9.08. The number of hydrogen-bond donors (Lipinski definition) is 2. The van der Waals surface area contributed by atoms with E-state index in [0.717, 1.165) is 17.5 Å². The molecule has 36 heavy (non-hydrogen) atoms. The van der Waals surface area contributed by atoms with Crippen LogP contribution in [-0.4, -0.2) is 37.4 Å². The Hall–Kier alpha value is -3.84. The molecule has 0 bridgehead atoms. The molecule has 7 nitrogen and oxygen atoms in total. The van der Waals surface area contributed by atoms with Gasteiger partial charge in [0.05, 0.1) is 5.92 Å². The van der Waals surface area contributed by atoms with Gasteiger partial charge in [-0.1, -0.05) is 48.0 Å². The Morgan fingerprint density at radius 2 is 1.78 bits per heavy atom. The topological polar surface area (TPSA) is 87.7 Å². The molecule has 1 heterocycles. The lowest BCUT2D eigenvalue weighted by Gasteiger charge is -2.17. The normalized spacial score (nSPS) is 15.0. The minimum Gasteiger partial charge on any atom is -0.484 e. The molecule has 1 fully saturated rings. The van der Waals surface area contributed by atoms with E-state index in [-0.39, 0.29) is 36.7 Å². The number of benzene rings is 3. The number of anilines is 2. The largest absolute Gasteiger partial charge is 0.484 e. The van der Waals surface area contributed by atoms with Gasteiger partial charge in [0.1, 0.15) is 5.75 Å². The number of nitrogens with zero attached hydrogens (tertiary/aromatic N) is 1. The number of amides is 3. The van der Waals surface area contributed by atoms with Crippen molar-refractivity contribution in [2.75, 3.05) is 29.9 Å². The molecule has 3 aromatic rings. The van der Waals surface area contributed by atoms with E-state index >= 15 is 0 Å². The van der Waals surface area contributed by atoms with Crippen LogP contribution in [0.1, 0.15) is 17.5 Å². The van der Waals surface area contributed by atoms with Crippen molar-refractivity contribution in [3.05, 3.63) is 88.9 Å². The molecule has 4 rings (SSSR count). The van der Waals surface area contributed by atoms with Gasteiger partial charge in [0.25, 0.3) is 5.91 Å². The van der Waals surface area contributed by atoms with E-state index in [2.05, 4.69) is 10.6 Å². The molecule has 0 unspecified atom stereocenters. The molecule has 0 saturated carbocycles. The maximum Gasteiger partial charge on any atom is 0.262 e. The summed E-state index contributed by atoms with van der Waals surface area (Å²) in [6.07, 6.45) is 0.924. The van der Waals surface area contributed by atoms with Crippen molar-refractivity contribution in [3.63, 3.8) is 0 Å². The summed E-state index contributed by atoms with van der Waals surface area (Å²) in [4.78, 5) is 39.0. The van der Waals surface area contributed by atoms with Gasteiger partial charge in [-0.15, -0.1) is 0 Å². The van der Waals surface area contributed by atoms with Gasteiger partial charge in [-0.3, -0.25) is 14.4 Å². The predicted octanol–water partition coefficient (Wildman–Crippen LogP) is 4.38. The predicted molar refractivity (Wildman–Crippen MR) is 140 cm³/mol. The highest BCUT2D eigenvalue weighted by Gasteiger charge is 2.34. The lowest BCUT2D eigenvalue weighted by atomic mass is 10.1. The molecule has 1 aliphatic heterocycles. The monoisotopic (exact) mass is 505 g/mol. The molecule has 0 aromatic heterocycles. The Balaban J connectivity index is 1.25. The Labute approximate surface area is 215 Å². The molecule has 0 spiro atoms. The molecule has 3 aromatic carbocycles. The van der Waals surface area contributed by atoms with Crippen LogP contribution in [0.2, 0.25) is 5.02 Å². The zero-order valence-electron chi connectivity index (χ0n) is 20.0. The first-order valence-electron chi connectivity index (χ1n) is 11.8. The summed E-state index contributed by atoms with van der Waals surface area (Å²) in [6, 6.07) is 22.2. The van der Waals surface area contributed by atoms with Crippen LogP contribution in [0.25, 0.3) is 0 Å². The van der Waals surface area contributed by atoms with E-state index < -0.39 is 0 Å². The van der Waals surface area contributed by atoms with Gasteiger partial charge in [-0.25, -0.2) is 0 Å². The van der Waals surface area contributed by atoms with Gasteiger partial charge >= 0.3 is 0 Å². The highest BCUT2D eigenvalue weighted by molar-refractivity contribution is 6.31. The minimum absolute atomic E-state index is 0.0943. The molecule has 0 radical (unpaired) electrons. The highest BCUT2D eigenvalue weighted by Crippen LogP contribution is 2.27. The number of rotatable bonds is 9. The standard InChI is InChI=1S/C28H28ClN3O4/c1-19-24(29)8-5-9-25(19)31-26(33)18-36-23-12-10-22(11-13-23)32-17-21(16-27(32)34)28(35)30-15-14-20-6-3-2-4-7-20/h2-13,21H,14-18H2,1H3,(H,30,35)(H,31,33)/t21-/m0/s1. The second kappa shape index (κ2) is 11.7. The van der Waals surface area contributed by atoms with Gasteiger partial charge in [-0.05, 0) is 60.9 Å². The summed E-state index contributed by atoms with van der Waals surface area (Å²) in [6.45, 7) is 2.52. The van der Waals surface area contributed by atoms with Gasteiger partial charge in [0.2, 0.25) is 11.8 Å². The number of halogens is 1. The molecule has 8 heteroatoms. The fourth-order valence-corrected chi connectivity index (χ4v) is 4.23. The average Bonchev–Trinajstić information content (AvgIpc) is 3.28. The Bertz CT molecular complexity index is 1230. The number of carbonyl (C=O) groups is 3. The fraction of sp³-hybridized carbons (Fsp3) is 0.250. The Morgan fingerprint density at radius 1 is 1.03 bits per heavy atom. The highest BCUT2D eigenvalue weighted by atomic mass is 35.5. The van der Waals surface area contributed by atoms with Crippen molar-refractivity contribution in [2.45, 2.75) is 19.8 Å². The average molecular weight is 506 g/mol. The van der Waals surface area contributed by atoms with E-state index in [4.69, 9.17) is 16.3 Å². The zero-order chi connectivity index (χ0) is 25.5. The number of ether oxygens (including phenoxy) is 1. The van der Waals surface area contributed by atoms with E-state index in [1.807, 2.05) is 37.3 Å². The molecule has 2 N–H and O–H groups in total. The van der Waals surface area contributed by atoms with Gasteiger partial charge in [0, 0.05) is 35.9 Å². The summed E-state index contributed by atoms with van der Waals surface area (Å²) >= 11 is 6.09. The fourth-order valence-electron chi connectivity index (χ4n) is 4.05. The van der Waals surface area contributed by atoms with Crippen molar-refractivity contribution in [2.24, 2.45) is 5.92 Å². The first kappa shape index (κ1) is 25.3. The summed E-state index contributed by atoms with van der Waals surface area (Å²) in [7, 11) is 0. The van der Waals surface area contributed by atoms with Crippen LogP contribution in [-0.2, 0) is 20.8 Å². The van der Waals surface area contributed by atoms with Gasteiger partial charge < -0.3 is 20.3 Å². The summed E-state index contributed by atoms with van der Waals surface area (Å²) in [5, 5.41) is 6.30. The van der Waals surface area contributed by atoms with E-state index in [0.29, 0.717) is 35.2 Å². The van der Waals surface area contributed by atoms with Crippen molar-refractivity contribution < 1.29 is 19.1 Å². The number of hydrogen-bond acceptors (Lipinski definition) is 4. The van der Waals surface area contributed by atoms with Gasteiger partial charge in [-0.2, -0.15) is 0 Å². The van der Waals surface area contributed by atoms with Crippen LogP contribution in [0.15, 0.2) is 72.8 Å². The van der Waals surface area contributed by atoms with Crippen molar-refractivity contribution in [1.29, 1.82) is 0 Å². The first-order valence-corrected chi connectivity index (χ1v) is 12.2. The molecule has 3 amide bonds. The van der Waals surface area contributed by atoms with E-state index in [9.17, 15) is 14.4 Å². The maximum atomic E-state index is 12.6. The molecular weight excluding hydrogens is 478 g/mol. The van der Waals surface area contributed by atoms with Crippen LogP contribution in [0, 0.1) is 12.8 Å². The SMILES string of the molecule is Cc1c(Cl)cccc1NC(=O)COc1ccc(N2C[C@@H](C(=O)NCCc3ccccc3)CC2=O)cc1. The number of carbonyl (C=O) groups excluding carboxylic acids is 3. The van der Waals surface area contributed by atoms with E-state index in [1.165, 1.54) is 0 Å². The minimum atomic E-state index is -0.386. The van der Waals surface area contributed by atoms with E-state index in [1.54, 1.807) is 47.4 Å². The Kier molecular flexibility index (Phi) is 8.23. The van der Waals surface area contributed by atoms with Crippen LogP contribution in [0.3, 0.4) is 0 Å². The third-order valence-corrected chi connectivity index (χ3v) is 6.52. The van der Waals surface area contributed by atoms with Crippen molar-refractivity contribution in [1.82, 2.24) is 5.32 Å². The summed E-state index contributed by atoms with van der Waals surface area (Å²) in [5.41, 5.74) is 3.26. The Morgan fingerprint density at radius 3 is 2.53 bits per heavy atom. The molecule has 1 saturated heterocycles. The lowest BCUT2D eigenvalue weighted by Crippen LogP contribution is -2.34. The zero-order valence-corrected chi connectivity index (χ0v) is 20.8. The second-order valence-electron chi connectivity index (χ2n) is 8.68. The van der Waals surface area contributed by atoms with Crippen molar-refractivity contribution in [3.8, 4) is 5.75 Å². The van der Waals surface area contributed by atoms with Gasteiger partial charge in [0.15, 0.2) is 6.61 Å². The summed E-state index contributed by atoms with van der Waals surface area (Å²) in [5.74, 6) is -0.396. The molecular formula is C28H28ClN3O4. The molecule has 1 aliphatic rings. The first-order chi connectivity index (χ1) is 17.4.